The molecule has 11 aromatic carbocycles. The van der Waals surface area contributed by atoms with Crippen LogP contribution >= 0.6 is 11.3 Å². The molecule has 0 radical (unpaired) electrons. The van der Waals surface area contributed by atoms with Crippen molar-refractivity contribution in [2.45, 2.75) is 5.41 Å². The predicted molar refractivity (Wildman–Crippen MR) is 304 cm³/mol. The number of fused-ring (bicyclic) bond motifs is 13. The topological polar surface area (TPSA) is 21.1 Å². The van der Waals surface area contributed by atoms with Crippen molar-refractivity contribution in [3.8, 4) is 28.1 Å². The Labute approximate surface area is 420 Å². The van der Waals surface area contributed by atoms with Gasteiger partial charge in [0.25, 0.3) is 0 Å². The largest absolute Gasteiger partial charge is 0.310 e. The number of rotatable bonds is 7. The molecule has 3 nitrogen and oxygen atoms in total. The molecule has 0 saturated heterocycles. The van der Waals surface area contributed by atoms with Gasteiger partial charge in [-0.15, -0.1) is 11.3 Å². The number of nitrogens with zero attached hydrogens (tertiary/aromatic N) is 3. The number of anilines is 3. The summed E-state index contributed by atoms with van der Waals surface area (Å²) in [5.41, 5.74) is 16.9. The van der Waals surface area contributed by atoms with E-state index in [0.29, 0.717) is 0 Å². The van der Waals surface area contributed by atoms with Crippen LogP contribution in [0.1, 0.15) is 22.3 Å². The van der Waals surface area contributed by atoms with Crippen LogP contribution in [-0.2, 0) is 5.41 Å². The lowest BCUT2D eigenvalue weighted by Gasteiger charge is -2.35. The van der Waals surface area contributed by atoms with Gasteiger partial charge in [0.1, 0.15) is 0 Å². The fourth-order valence-corrected chi connectivity index (χ4v) is 13.4. The number of benzene rings is 11. The van der Waals surface area contributed by atoms with Crippen molar-refractivity contribution in [1.29, 1.82) is 0 Å². The molecule has 1 aliphatic rings. The fraction of sp³-hybridized carbons (Fsp3) is 0.0147. The molecule has 0 aliphatic heterocycles. The molecule has 0 atom stereocenters. The molecule has 0 fully saturated rings. The maximum absolute atomic E-state index is 5.48. The maximum atomic E-state index is 5.48. The van der Waals surface area contributed by atoms with Gasteiger partial charge in [-0.05, 0) is 106 Å². The standard InChI is InChI=1S/C68H43N3S/c1-4-18-45(19-5-1)68(46-20-6-2-7-21-46)58-28-14-10-24-51(58)52-38-36-49(42-59(52)68)70(50-37-39-54-53-25-13-17-31-63(53)72-64(54)43-50)48-34-32-44(33-35-48)67-57-40-41-62-66(65(57)55-26-11-15-29-60(55)69-67)56-27-12-16-30-61(56)71(62)47-22-8-3-9-23-47/h1-43H. The highest BCUT2D eigenvalue weighted by molar-refractivity contribution is 7.25. The number of pyridine rings is 1. The Morgan fingerprint density at radius 2 is 0.958 bits per heavy atom. The third kappa shape index (κ3) is 5.94. The smallest absolute Gasteiger partial charge is 0.0788 e. The van der Waals surface area contributed by atoms with Gasteiger partial charge in [-0.25, -0.2) is 4.98 Å². The first-order valence-corrected chi connectivity index (χ1v) is 25.5. The van der Waals surface area contributed by atoms with E-state index < -0.39 is 5.41 Å². The zero-order valence-electron chi connectivity index (χ0n) is 39.1. The van der Waals surface area contributed by atoms with Gasteiger partial charge >= 0.3 is 0 Å². The highest BCUT2D eigenvalue weighted by atomic mass is 32.1. The number of hydrogen-bond donors (Lipinski definition) is 0. The Hall–Kier alpha value is -9.09. The van der Waals surface area contributed by atoms with Crippen LogP contribution in [0.2, 0.25) is 0 Å². The molecule has 1 aliphatic carbocycles. The fourth-order valence-electron chi connectivity index (χ4n) is 12.2. The van der Waals surface area contributed by atoms with Crippen LogP contribution in [0.15, 0.2) is 261 Å². The molecule has 0 saturated carbocycles. The molecule has 336 valence electrons. The van der Waals surface area contributed by atoms with Crippen LogP contribution in [0.5, 0.6) is 0 Å². The minimum absolute atomic E-state index is 0.531. The van der Waals surface area contributed by atoms with Gasteiger partial charge in [-0.2, -0.15) is 0 Å². The van der Waals surface area contributed by atoms with Crippen molar-refractivity contribution in [2.24, 2.45) is 0 Å². The van der Waals surface area contributed by atoms with Crippen molar-refractivity contribution in [3.05, 3.63) is 283 Å². The molecular weight excluding hydrogens is 891 g/mol. The van der Waals surface area contributed by atoms with Gasteiger partial charge in [0.2, 0.25) is 0 Å². The monoisotopic (exact) mass is 933 g/mol. The summed E-state index contributed by atoms with van der Waals surface area (Å²) < 4.78 is 4.96. The van der Waals surface area contributed by atoms with Gasteiger partial charge in [-0.1, -0.05) is 188 Å². The highest BCUT2D eigenvalue weighted by Crippen LogP contribution is 2.57. The van der Waals surface area contributed by atoms with Crippen molar-refractivity contribution < 1.29 is 0 Å². The number of thiophene rings is 1. The first-order valence-electron chi connectivity index (χ1n) is 24.7. The van der Waals surface area contributed by atoms with Crippen LogP contribution < -0.4 is 4.90 Å². The summed E-state index contributed by atoms with van der Waals surface area (Å²) in [5.74, 6) is 0. The highest BCUT2D eigenvalue weighted by Gasteiger charge is 2.46. The minimum atomic E-state index is -0.531. The Morgan fingerprint density at radius 3 is 1.75 bits per heavy atom. The molecule has 4 heteroatoms. The van der Waals surface area contributed by atoms with Crippen molar-refractivity contribution in [1.82, 2.24) is 9.55 Å². The lowest BCUT2D eigenvalue weighted by atomic mass is 9.67. The van der Waals surface area contributed by atoms with Crippen molar-refractivity contribution in [3.63, 3.8) is 0 Å². The van der Waals surface area contributed by atoms with Crippen LogP contribution in [-0.4, -0.2) is 9.55 Å². The summed E-state index contributed by atoms with van der Waals surface area (Å²) in [6, 6.07) is 95.9. The summed E-state index contributed by atoms with van der Waals surface area (Å²) in [4.78, 5) is 7.93. The van der Waals surface area contributed by atoms with E-state index in [0.717, 1.165) is 50.3 Å². The Kier molecular flexibility index (Phi) is 9.04. The normalized spacial score (nSPS) is 12.8. The first kappa shape index (κ1) is 40.8. The second kappa shape index (κ2) is 16.0. The van der Waals surface area contributed by atoms with Gasteiger partial charge in [0.15, 0.2) is 0 Å². The summed E-state index contributed by atoms with van der Waals surface area (Å²) in [6.45, 7) is 0. The second-order valence-electron chi connectivity index (χ2n) is 19.0. The first-order chi connectivity index (χ1) is 35.7. The molecule has 3 heterocycles. The molecule has 3 aromatic heterocycles. The van der Waals surface area contributed by atoms with Crippen LogP contribution in [0.4, 0.5) is 17.1 Å². The lowest BCUT2D eigenvalue weighted by Crippen LogP contribution is -2.28. The van der Waals surface area contributed by atoms with Crippen LogP contribution in [0.3, 0.4) is 0 Å². The molecule has 0 unspecified atom stereocenters. The zero-order chi connectivity index (χ0) is 47.3. The zero-order valence-corrected chi connectivity index (χ0v) is 39.9. The van der Waals surface area contributed by atoms with Gasteiger partial charge in [0, 0.05) is 75.4 Å². The van der Waals surface area contributed by atoms with Gasteiger partial charge in [0.05, 0.1) is 27.7 Å². The van der Waals surface area contributed by atoms with Gasteiger partial charge < -0.3 is 9.47 Å². The third-order valence-corrected chi connectivity index (χ3v) is 16.4. The molecule has 0 N–H and O–H groups in total. The second-order valence-corrected chi connectivity index (χ2v) is 20.1. The van der Waals surface area contributed by atoms with Crippen LogP contribution in [0, 0.1) is 0 Å². The van der Waals surface area contributed by atoms with E-state index >= 15 is 0 Å². The SMILES string of the molecule is c1ccc(-n2c3ccccc3c3c4c(ccc32)c(-c2ccc(N(c3ccc5c(c3)C(c3ccccc3)(c3ccccc3)c3ccccc3-5)c3ccc5c(c3)sc3ccccc35)cc2)nc2ccccc24)cc1. The van der Waals surface area contributed by atoms with Crippen molar-refractivity contribution >= 4 is 92.1 Å². The van der Waals surface area contributed by atoms with E-state index in [-0.39, 0.29) is 0 Å². The number of hydrogen-bond acceptors (Lipinski definition) is 3. The minimum Gasteiger partial charge on any atom is -0.310 e. The Bertz CT molecular complexity index is 4400. The quantitative estimate of drug-likeness (QED) is 0.149. The predicted octanol–water partition coefficient (Wildman–Crippen LogP) is 18.4. The third-order valence-electron chi connectivity index (χ3n) is 15.2. The summed E-state index contributed by atoms with van der Waals surface area (Å²) in [6.07, 6.45) is 0. The van der Waals surface area contributed by atoms with Crippen LogP contribution in [0.25, 0.3) is 91.7 Å². The molecule has 72 heavy (non-hydrogen) atoms. The molecular formula is C68H43N3S. The molecule has 0 bridgehead atoms. The summed E-state index contributed by atoms with van der Waals surface area (Å²) in [5, 5.41) is 8.55. The maximum Gasteiger partial charge on any atom is 0.0788 e. The van der Waals surface area contributed by atoms with E-state index in [9.17, 15) is 0 Å². The lowest BCUT2D eigenvalue weighted by molar-refractivity contribution is 0.768. The Balaban J connectivity index is 0.946. The average molecular weight is 934 g/mol. The molecule has 0 amide bonds. The van der Waals surface area contributed by atoms with E-state index in [1.807, 2.05) is 11.3 Å². The molecule has 15 rings (SSSR count). The van der Waals surface area contributed by atoms with Crippen molar-refractivity contribution in [2.75, 3.05) is 4.90 Å². The van der Waals surface area contributed by atoms with E-state index in [4.69, 9.17) is 4.98 Å². The Morgan fingerprint density at radius 1 is 0.375 bits per heavy atom. The van der Waals surface area contributed by atoms with E-state index in [1.54, 1.807) is 0 Å². The van der Waals surface area contributed by atoms with E-state index in [1.165, 1.54) is 80.7 Å². The van der Waals surface area contributed by atoms with Gasteiger partial charge in [-0.3, -0.25) is 0 Å². The number of aromatic nitrogens is 2. The molecule has 14 aromatic rings. The summed E-state index contributed by atoms with van der Waals surface area (Å²) in [7, 11) is 0. The summed E-state index contributed by atoms with van der Waals surface area (Å²) >= 11 is 1.86. The van der Waals surface area contributed by atoms with E-state index in [2.05, 4.69) is 270 Å². The molecule has 0 spiro atoms. The number of para-hydroxylation sites is 3. The average Bonchev–Trinajstić information content (AvgIpc) is 4.10.